The molecule has 7 nitrogen and oxygen atoms in total. The van der Waals surface area contributed by atoms with Gasteiger partial charge in [-0.1, -0.05) is 12.1 Å². The lowest BCUT2D eigenvalue weighted by atomic mass is 10.2. The van der Waals surface area contributed by atoms with E-state index in [9.17, 15) is 9.18 Å². The van der Waals surface area contributed by atoms with Crippen molar-refractivity contribution in [3.05, 3.63) is 58.5 Å². The minimum absolute atomic E-state index is 0.223. The van der Waals surface area contributed by atoms with Gasteiger partial charge in [0.25, 0.3) is 0 Å². The zero-order chi connectivity index (χ0) is 16.5. The number of anilines is 1. The van der Waals surface area contributed by atoms with Crippen LogP contribution in [0.25, 0.3) is 5.65 Å². The predicted octanol–water partition coefficient (Wildman–Crippen LogP) is 0.925. The number of aromatic nitrogens is 4. The lowest BCUT2D eigenvalue weighted by Gasteiger charge is -2.18. The zero-order valence-electron chi connectivity index (χ0n) is 12.9. The van der Waals surface area contributed by atoms with E-state index >= 15 is 0 Å². The second-order valence-corrected chi connectivity index (χ2v) is 5.91. The van der Waals surface area contributed by atoms with E-state index in [1.807, 2.05) is 0 Å². The highest BCUT2D eigenvalue weighted by atomic mass is 19.1. The van der Waals surface area contributed by atoms with Crippen molar-refractivity contribution in [2.75, 3.05) is 18.0 Å². The molecule has 2 N–H and O–H groups in total. The summed E-state index contributed by atoms with van der Waals surface area (Å²) in [6.07, 6.45) is 4.18. The Kier molecular flexibility index (Phi) is 3.73. The van der Waals surface area contributed by atoms with E-state index in [4.69, 9.17) is 0 Å². The molecule has 1 aliphatic rings. The van der Waals surface area contributed by atoms with Crippen molar-refractivity contribution in [2.45, 2.75) is 19.0 Å². The van der Waals surface area contributed by atoms with Crippen LogP contribution in [0.15, 0.2) is 41.5 Å². The summed E-state index contributed by atoms with van der Waals surface area (Å²) in [5, 5.41) is 9.98. The number of nitrogens with zero attached hydrogens (tertiary/aromatic N) is 4. The predicted molar refractivity (Wildman–Crippen MR) is 87.5 cm³/mol. The van der Waals surface area contributed by atoms with E-state index in [2.05, 4.69) is 25.4 Å². The number of aromatic amines is 1. The van der Waals surface area contributed by atoms with E-state index in [0.717, 1.165) is 25.1 Å². The molecule has 0 spiro atoms. The van der Waals surface area contributed by atoms with Crippen LogP contribution >= 0.6 is 0 Å². The number of rotatable bonds is 4. The Hall–Kier alpha value is -2.74. The Bertz CT molecular complexity index is 903. The van der Waals surface area contributed by atoms with Crippen LogP contribution < -0.4 is 15.9 Å². The van der Waals surface area contributed by atoms with Gasteiger partial charge in [0.2, 0.25) is 5.65 Å². The fourth-order valence-corrected chi connectivity index (χ4v) is 3.04. The number of hydrogen-bond donors (Lipinski definition) is 2. The molecule has 124 valence electrons. The van der Waals surface area contributed by atoms with E-state index in [0.29, 0.717) is 24.1 Å². The molecule has 1 unspecified atom stereocenters. The Balaban J connectivity index is 1.44. The van der Waals surface area contributed by atoms with E-state index in [-0.39, 0.29) is 11.5 Å². The van der Waals surface area contributed by atoms with Gasteiger partial charge in [-0.05, 0) is 24.1 Å². The fourth-order valence-electron chi connectivity index (χ4n) is 3.04. The van der Waals surface area contributed by atoms with Crippen molar-refractivity contribution in [1.82, 2.24) is 24.9 Å². The second-order valence-electron chi connectivity index (χ2n) is 5.91. The molecule has 8 heteroatoms. The molecule has 0 bridgehead atoms. The van der Waals surface area contributed by atoms with Crippen molar-refractivity contribution < 1.29 is 4.39 Å². The van der Waals surface area contributed by atoms with Gasteiger partial charge in [-0.3, -0.25) is 0 Å². The molecule has 24 heavy (non-hydrogen) atoms. The highest BCUT2D eigenvalue weighted by Gasteiger charge is 2.25. The van der Waals surface area contributed by atoms with Crippen LogP contribution in [0, 0.1) is 5.82 Å². The standard InChI is InChI=1S/C16H17FN6O/c17-12-3-1-11(2-4-12)9-19-13-5-7-22(10-13)14-15-20-21-16(24)23(15)8-6-18-14/h1-4,6,8,13,19H,5,7,9-10H2,(H,21,24). The summed E-state index contributed by atoms with van der Waals surface area (Å²) >= 11 is 0. The molecule has 3 heterocycles. The maximum Gasteiger partial charge on any atom is 0.347 e. The molecule has 1 aliphatic heterocycles. The smallest absolute Gasteiger partial charge is 0.347 e. The van der Waals surface area contributed by atoms with Gasteiger partial charge in [-0.25, -0.2) is 23.7 Å². The van der Waals surface area contributed by atoms with Crippen molar-refractivity contribution in [1.29, 1.82) is 0 Å². The molecule has 4 rings (SSSR count). The largest absolute Gasteiger partial charge is 0.352 e. The number of halogens is 1. The summed E-state index contributed by atoms with van der Waals surface area (Å²) in [5.74, 6) is 0.487. The summed E-state index contributed by atoms with van der Waals surface area (Å²) in [5.41, 5.74) is 1.33. The maximum atomic E-state index is 12.9. The number of H-pyrrole nitrogens is 1. The quantitative estimate of drug-likeness (QED) is 0.745. The molecule has 0 radical (unpaired) electrons. The summed E-state index contributed by atoms with van der Waals surface area (Å²) in [7, 11) is 0. The summed E-state index contributed by atoms with van der Waals surface area (Å²) in [4.78, 5) is 18.2. The first kappa shape index (κ1) is 14.8. The monoisotopic (exact) mass is 328 g/mol. The summed E-state index contributed by atoms with van der Waals surface area (Å²) in [6, 6.07) is 6.82. The summed E-state index contributed by atoms with van der Waals surface area (Å²) < 4.78 is 14.4. The van der Waals surface area contributed by atoms with Gasteiger partial charge in [0, 0.05) is 38.1 Å². The Morgan fingerprint density at radius 3 is 3.00 bits per heavy atom. The van der Waals surface area contributed by atoms with Crippen molar-refractivity contribution in [3.63, 3.8) is 0 Å². The average Bonchev–Trinajstić information content (AvgIpc) is 3.22. The van der Waals surface area contributed by atoms with Crippen LogP contribution in [-0.2, 0) is 6.54 Å². The van der Waals surface area contributed by atoms with Gasteiger partial charge in [0.05, 0.1) is 0 Å². The highest BCUT2D eigenvalue weighted by molar-refractivity contribution is 5.63. The molecule has 2 aromatic heterocycles. The number of benzene rings is 1. The second kappa shape index (κ2) is 6.04. The van der Waals surface area contributed by atoms with Crippen LogP contribution in [-0.4, -0.2) is 38.7 Å². The third-order valence-electron chi connectivity index (χ3n) is 4.31. The third kappa shape index (κ3) is 2.76. The minimum atomic E-state index is -0.265. The number of fused-ring (bicyclic) bond motifs is 1. The summed E-state index contributed by atoms with van der Waals surface area (Å²) in [6.45, 7) is 2.32. The van der Waals surface area contributed by atoms with Gasteiger partial charge < -0.3 is 10.2 Å². The Morgan fingerprint density at radius 1 is 1.33 bits per heavy atom. The van der Waals surface area contributed by atoms with E-state index in [1.54, 1.807) is 24.5 Å². The van der Waals surface area contributed by atoms with Gasteiger partial charge in [-0.2, -0.15) is 0 Å². The number of nitrogens with one attached hydrogen (secondary N) is 2. The van der Waals surface area contributed by atoms with Crippen molar-refractivity contribution in [2.24, 2.45) is 0 Å². The van der Waals surface area contributed by atoms with Gasteiger partial charge in [0.15, 0.2) is 5.82 Å². The maximum absolute atomic E-state index is 12.9. The molecule has 3 aromatic rings. The first-order valence-electron chi connectivity index (χ1n) is 7.85. The Morgan fingerprint density at radius 2 is 2.17 bits per heavy atom. The SMILES string of the molecule is O=c1[nH]nc2c(N3CCC(NCc4ccc(F)cc4)C3)nccn12. The van der Waals surface area contributed by atoms with E-state index < -0.39 is 0 Å². The Labute approximate surface area is 137 Å². The highest BCUT2D eigenvalue weighted by Crippen LogP contribution is 2.21. The molecule has 0 aliphatic carbocycles. The third-order valence-corrected chi connectivity index (χ3v) is 4.31. The van der Waals surface area contributed by atoms with Crippen LogP contribution in [0.3, 0.4) is 0 Å². The van der Waals surface area contributed by atoms with Gasteiger partial charge in [0.1, 0.15) is 5.82 Å². The zero-order valence-corrected chi connectivity index (χ0v) is 12.9. The molecule has 1 aromatic carbocycles. The molecular formula is C16H17FN6O. The average molecular weight is 328 g/mol. The molecule has 0 saturated carbocycles. The minimum Gasteiger partial charge on any atom is -0.352 e. The van der Waals surface area contributed by atoms with Crippen molar-refractivity contribution in [3.8, 4) is 0 Å². The van der Waals surface area contributed by atoms with Gasteiger partial charge in [-0.15, -0.1) is 5.10 Å². The topological polar surface area (TPSA) is 78.3 Å². The molecule has 1 saturated heterocycles. The van der Waals surface area contributed by atoms with Crippen molar-refractivity contribution >= 4 is 11.5 Å². The molecule has 1 atom stereocenters. The van der Waals surface area contributed by atoms with E-state index in [1.165, 1.54) is 16.5 Å². The lowest BCUT2D eigenvalue weighted by molar-refractivity contribution is 0.550. The molecule has 0 amide bonds. The fraction of sp³-hybridized carbons (Fsp3) is 0.312. The lowest BCUT2D eigenvalue weighted by Crippen LogP contribution is -2.32. The first-order chi connectivity index (χ1) is 11.7. The normalized spacial score (nSPS) is 17.7. The van der Waals surface area contributed by atoms with Crippen LogP contribution in [0.5, 0.6) is 0 Å². The molecule has 1 fully saturated rings. The first-order valence-corrected chi connectivity index (χ1v) is 7.85. The van der Waals surface area contributed by atoms with Gasteiger partial charge >= 0.3 is 5.69 Å². The van der Waals surface area contributed by atoms with Crippen LogP contribution in [0.4, 0.5) is 10.2 Å². The number of hydrogen-bond acceptors (Lipinski definition) is 5. The molecular weight excluding hydrogens is 311 g/mol. The van der Waals surface area contributed by atoms with Crippen LogP contribution in [0.1, 0.15) is 12.0 Å². The van der Waals surface area contributed by atoms with Crippen LogP contribution in [0.2, 0.25) is 0 Å².